The van der Waals surface area contributed by atoms with Gasteiger partial charge in [0.2, 0.25) is 0 Å². The van der Waals surface area contributed by atoms with Gasteiger partial charge in [0.1, 0.15) is 18.1 Å². The number of likely N-dealkylation sites (N-methyl/N-ethyl adjacent to an activating group) is 1. The molecule has 0 aromatic heterocycles. The molecule has 0 saturated carbocycles. The van der Waals surface area contributed by atoms with Gasteiger partial charge in [-0.3, -0.25) is 0 Å². The van der Waals surface area contributed by atoms with Crippen LogP contribution in [0.4, 0.5) is 11.4 Å². The summed E-state index contributed by atoms with van der Waals surface area (Å²) >= 11 is 5.37. The molecule has 0 fully saturated rings. The number of benzene rings is 2. The quantitative estimate of drug-likeness (QED) is 0.432. The highest BCUT2D eigenvalue weighted by Gasteiger charge is 2.10. The number of ether oxygens (including phenoxy) is 3. The number of nitrogens with zero attached hydrogens (tertiary/aromatic N) is 1. The van der Waals surface area contributed by atoms with E-state index in [4.69, 9.17) is 26.4 Å². The van der Waals surface area contributed by atoms with Crippen LogP contribution in [0.5, 0.6) is 11.5 Å². The Kier molecular flexibility index (Phi) is 9.37. The van der Waals surface area contributed by atoms with E-state index in [0.29, 0.717) is 34.5 Å². The van der Waals surface area contributed by atoms with Crippen LogP contribution in [0.1, 0.15) is 24.2 Å². The molecule has 2 rings (SSSR count). The Morgan fingerprint density at radius 1 is 1.00 bits per heavy atom. The summed E-state index contributed by atoms with van der Waals surface area (Å²) in [5.74, 6) is 0.967. The molecule has 2 N–H and O–H groups in total. The zero-order valence-electron chi connectivity index (χ0n) is 17.9. The van der Waals surface area contributed by atoms with E-state index >= 15 is 0 Å². The first-order valence-electron chi connectivity index (χ1n) is 9.80. The SMILES string of the molecule is CCN(CC)CCOC(=O)c1ccc(NC(=S)Nc2ccc(OC)cc2OC)cc1. The molecule has 0 radical (unpaired) electrons. The summed E-state index contributed by atoms with van der Waals surface area (Å²) in [5.41, 5.74) is 1.96. The molecule has 0 amide bonds. The van der Waals surface area contributed by atoms with Crippen molar-refractivity contribution in [2.75, 3.05) is 51.1 Å². The lowest BCUT2D eigenvalue weighted by Crippen LogP contribution is -2.27. The van der Waals surface area contributed by atoms with Crippen molar-refractivity contribution in [1.82, 2.24) is 4.90 Å². The summed E-state index contributed by atoms with van der Waals surface area (Å²) in [5, 5.41) is 6.57. The highest BCUT2D eigenvalue weighted by molar-refractivity contribution is 7.80. The molecule has 0 heterocycles. The van der Waals surface area contributed by atoms with Gasteiger partial charge in [-0.1, -0.05) is 13.8 Å². The average Bonchev–Trinajstić information content (AvgIpc) is 2.77. The van der Waals surface area contributed by atoms with Gasteiger partial charge < -0.3 is 29.7 Å². The lowest BCUT2D eigenvalue weighted by Gasteiger charge is -2.17. The number of nitrogens with one attached hydrogen (secondary N) is 2. The second-order valence-electron chi connectivity index (χ2n) is 6.39. The Morgan fingerprint density at radius 2 is 1.70 bits per heavy atom. The van der Waals surface area contributed by atoms with E-state index in [1.165, 1.54) is 0 Å². The Balaban J connectivity index is 1.89. The molecule has 162 valence electrons. The molecule has 7 nitrogen and oxygen atoms in total. The average molecular weight is 432 g/mol. The van der Waals surface area contributed by atoms with Crippen molar-refractivity contribution >= 4 is 34.7 Å². The van der Waals surface area contributed by atoms with Crippen molar-refractivity contribution in [1.29, 1.82) is 0 Å². The standard InChI is InChI=1S/C22H29N3O4S/c1-5-25(6-2)13-14-29-21(26)16-7-9-17(10-8-16)23-22(30)24-19-12-11-18(27-3)15-20(19)28-4/h7-12,15H,5-6,13-14H2,1-4H3,(H2,23,24,30). The molecule has 2 aromatic carbocycles. The molecule has 0 spiro atoms. The zero-order valence-corrected chi connectivity index (χ0v) is 18.7. The molecule has 0 unspecified atom stereocenters. The number of esters is 1. The molecule has 0 aliphatic rings. The number of carbonyl (C=O) groups is 1. The summed E-state index contributed by atoms with van der Waals surface area (Å²) in [7, 11) is 3.18. The predicted octanol–water partition coefficient (Wildman–Crippen LogP) is 4.01. The minimum atomic E-state index is -0.336. The molecule has 8 heteroatoms. The van der Waals surface area contributed by atoms with Gasteiger partial charge in [0.05, 0.1) is 25.5 Å². The third kappa shape index (κ3) is 6.89. The van der Waals surface area contributed by atoms with Crippen LogP contribution in [0.15, 0.2) is 42.5 Å². The maximum Gasteiger partial charge on any atom is 0.338 e. The van der Waals surface area contributed by atoms with Crippen molar-refractivity contribution in [3.05, 3.63) is 48.0 Å². The van der Waals surface area contributed by atoms with E-state index in [1.807, 2.05) is 12.1 Å². The Hall–Kier alpha value is -2.84. The van der Waals surface area contributed by atoms with Crippen LogP contribution in [0.25, 0.3) is 0 Å². The van der Waals surface area contributed by atoms with Gasteiger partial charge in [-0.05, 0) is 61.7 Å². The lowest BCUT2D eigenvalue weighted by molar-refractivity contribution is 0.0466. The molecule has 0 bridgehead atoms. The van der Waals surface area contributed by atoms with Crippen molar-refractivity contribution in [3.8, 4) is 11.5 Å². The van der Waals surface area contributed by atoms with Crippen molar-refractivity contribution in [3.63, 3.8) is 0 Å². The molecular formula is C22H29N3O4S. The van der Waals surface area contributed by atoms with E-state index in [1.54, 1.807) is 44.6 Å². The topological polar surface area (TPSA) is 72.1 Å². The largest absolute Gasteiger partial charge is 0.497 e. The van der Waals surface area contributed by atoms with Crippen molar-refractivity contribution < 1.29 is 19.0 Å². The molecule has 0 aliphatic carbocycles. The van der Waals surface area contributed by atoms with E-state index < -0.39 is 0 Å². The van der Waals surface area contributed by atoms with Crippen LogP contribution in [0.2, 0.25) is 0 Å². The second kappa shape index (κ2) is 12.0. The summed E-state index contributed by atoms with van der Waals surface area (Å²) in [6.45, 7) is 7.14. The van der Waals surface area contributed by atoms with Gasteiger partial charge >= 0.3 is 5.97 Å². The van der Waals surface area contributed by atoms with Gasteiger partial charge in [0, 0.05) is 18.3 Å². The summed E-state index contributed by atoms with van der Waals surface area (Å²) in [6, 6.07) is 12.4. The molecule has 0 aliphatic heterocycles. The molecular weight excluding hydrogens is 402 g/mol. The smallest absolute Gasteiger partial charge is 0.338 e. The number of anilines is 2. The number of thiocarbonyl (C=S) groups is 1. The number of carbonyl (C=O) groups excluding carboxylic acids is 1. The fraction of sp³-hybridized carbons (Fsp3) is 0.364. The first kappa shape index (κ1) is 23.4. The molecule has 2 aromatic rings. The third-order valence-electron chi connectivity index (χ3n) is 4.57. The minimum Gasteiger partial charge on any atom is -0.497 e. The fourth-order valence-corrected chi connectivity index (χ4v) is 2.99. The summed E-state index contributed by atoms with van der Waals surface area (Å²) < 4.78 is 15.9. The van der Waals surface area contributed by atoms with Crippen LogP contribution >= 0.6 is 12.2 Å². The Labute approximate surface area is 183 Å². The first-order chi connectivity index (χ1) is 14.5. The van der Waals surface area contributed by atoms with E-state index in [-0.39, 0.29) is 5.97 Å². The van der Waals surface area contributed by atoms with E-state index in [0.717, 1.165) is 25.3 Å². The van der Waals surface area contributed by atoms with Crippen LogP contribution < -0.4 is 20.1 Å². The normalized spacial score (nSPS) is 10.4. The number of rotatable bonds is 10. The Bertz CT molecular complexity index is 839. The monoisotopic (exact) mass is 431 g/mol. The fourth-order valence-electron chi connectivity index (χ4n) is 2.77. The number of hydrogen-bond acceptors (Lipinski definition) is 6. The lowest BCUT2D eigenvalue weighted by atomic mass is 10.2. The van der Waals surface area contributed by atoms with Gasteiger partial charge in [-0.25, -0.2) is 4.79 Å². The van der Waals surface area contributed by atoms with Gasteiger partial charge in [-0.15, -0.1) is 0 Å². The highest BCUT2D eigenvalue weighted by atomic mass is 32.1. The molecule has 0 saturated heterocycles. The third-order valence-corrected chi connectivity index (χ3v) is 4.77. The first-order valence-corrected chi connectivity index (χ1v) is 10.2. The van der Waals surface area contributed by atoms with E-state index in [2.05, 4.69) is 29.4 Å². The summed E-state index contributed by atoms with van der Waals surface area (Å²) in [4.78, 5) is 14.4. The Morgan fingerprint density at radius 3 is 2.30 bits per heavy atom. The van der Waals surface area contributed by atoms with Crippen LogP contribution in [-0.4, -0.2) is 56.4 Å². The molecule has 30 heavy (non-hydrogen) atoms. The molecule has 0 atom stereocenters. The highest BCUT2D eigenvalue weighted by Crippen LogP contribution is 2.29. The van der Waals surface area contributed by atoms with Crippen molar-refractivity contribution in [2.45, 2.75) is 13.8 Å². The van der Waals surface area contributed by atoms with Gasteiger partial charge in [0.15, 0.2) is 5.11 Å². The minimum absolute atomic E-state index is 0.336. The van der Waals surface area contributed by atoms with Gasteiger partial charge in [-0.2, -0.15) is 0 Å². The summed E-state index contributed by atoms with van der Waals surface area (Å²) in [6.07, 6.45) is 0. The second-order valence-corrected chi connectivity index (χ2v) is 6.79. The number of methoxy groups -OCH3 is 2. The zero-order chi connectivity index (χ0) is 21.9. The van der Waals surface area contributed by atoms with E-state index in [9.17, 15) is 4.79 Å². The van der Waals surface area contributed by atoms with Crippen molar-refractivity contribution in [2.24, 2.45) is 0 Å². The van der Waals surface area contributed by atoms with Crippen LogP contribution in [-0.2, 0) is 4.74 Å². The predicted molar refractivity (Wildman–Crippen MR) is 124 cm³/mol. The van der Waals surface area contributed by atoms with Crippen LogP contribution in [0, 0.1) is 0 Å². The van der Waals surface area contributed by atoms with Crippen LogP contribution in [0.3, 0.4) is 0 Å². The maximum atomic E-state index is 12.2. The number of hydrogen-bond donors (Lipinski definition) is 2. The maximum absolute atomic E-state index is 12.2. The van der Waals surface area contributed by atoms with Gasteiger partial charge in [0.25, 0.3) is 0 Å².